The molecule has 2 N–H and O–H groups in total. The predicted octanol–water partition coefficient (Wildman–Crippen LogP) is 4.29. The average Bonchev–Trinajstić information content (AvgIpc) is 3.97. The first-order valence-corrected chi connectivity index (χ1v) is 20.6. The Kier molecular flexibility index (Phi) is 9.84. The molecule has 3 fully saturated rings. The number of thiazole rings is 1. The van der Waals surface area contributed by atoms with Crippen LogP contribution in [0.5, 0.6) is 11.6 Å². The van der Waals surface area contributed by atoms with E-state index in [0.29, 0.717) is 40.5 Å². The van der Waals surface area contributed by atoms with Crippen LogP contribution >= 0.6 is 11.3 Å². The molecule has 4 aliphatic rings. The number of hydrogen-bond donors (Lipinski definition) is 2. The van der Waals surface area contributed by atoms with Gasteiger partial charge in [0.15, 0.2) is 15.6 Å². The number of methoxy groups -OCH3 is 1. The number of carbonyl (C=O) groups is 3. The Bertz CT molecular complexity index is 2190. The Morgan fingerprint density at radius 2 is 1.96 bits per heavy atom. The highest BCUT2D eigenvalue weighted by Gasteiger charge is 2.63. The van der Waals surface area contributed by atoms with Crippen LogP contribution in [-0.2, 0) is 19.6 Å². The minimum Gasteiger partial charge on any atom is -0.496 e. The van der Waals surface area contributed by atoms with Gasteiger partial charge in [0.05, 0.1) is 30.3 Å². The lowest BCUT2D eigenvalue weighted by molar-refractivity contribution is -0.134. The van der Waals surface area contributed by atoms with Crippen LogP contribution in [0.4, 0.5) is 4.79 Å². The maximum absolute atomic E-state index is 14.3. The second-order valence-corrected chi connectivity index (χ2v) is 17.8. The summed E-state index contributed by atoms with van der Waals surface area (Å²) < 4.78 is 39.3. The first kappa shape index (κ1) is 37.6. The number of aromatic nitrogens is 3. The van der Waals surface area contributed by atoms with Crippen LogP contribution in [0, 0.1) is 25.2 Å². The van der Waals surface area contributed by atoms with Crippen molar-refractivity contribution in [1.29, 1.82) is 0 Å². The molecule has 286 valence electrons. The molecular weight excluding hydrogens is 731 g/mol. The summed E-state index contributed by atoms with van der Waals surface area (Å²) in [5.41, 5.74) is 0.791. The van der Waals surface area contributed by atoms with Crippen LogP contribution in [0.15, 0.2) is 29.7 Å². The van der Waals surface area contributed by atoms with E-state index in [1.165, 1.54) is 16.2 Å². The Labute approximate surface area is 319 Å². The largest absolute Gasteiger partial charge is 0.496 e. The number of likely N-dealkylation sites (N-methyl/N-ethyl adjacent to an activating group) is 1. The van der Waals surface area contributed by atoms with Crippen LogP contribution in [0.25, 0.3) is 21.7 Å². The van der Waals surface area contributed by atoms with Crippen LogP contribution in [-0.4, -0.2) is 101 Å². The highest BCUT2D eigenvalue weighted by atomic mass is 32.2. The number of aryl methyl sites for hydroxylation is 1. The van der Waals surface area contributed by atoms with Gasteiger partial charge in [-0.15, -0.1) is 17.8 Å². The number of nitrogens with zero attached hydrogens (tertiary/aromatic N) is 5. The van der Waals surface area contributed by atoms with Crippen LogP contribution < -0.4 is 19.5 Å². The third kappa shape index (κ3) is 6.76. The molecule has 0 unspecified atom stereocenters. The molecular formula is C38H45N7O7S2. The fourth-order valence-electron chi connectivity index (χ4n) is 7.24. The first-order valence-electron chi connectivity index (χ1n) is 18.3. The molecule has 0 bridgehead atoms. The van der Waals surface area contributed by atoms with Gasteiger partial charge in [-0.05, 0) is 63.5 Å². The minimum absolute atomic E-state index is 0.00248. The topological polar surface area (TPSA) is 173 Å². The number of amides is 4. The lowest BCUT2D eigenvalue weighted by atomic mass is 10.1. The van der Waals surface area contributed by atoms with E-state index < -0.39 is 50.3 Å². The third-order valence-corrected chi connectivity index (χ3v) is 13.8. The SMILES string of the molecule is C#CC1(S(=O)(=O)NC(=O)[C@@]23C[C@H]2/C=C\CCCCN(C)C(=O)[C@@H]2C[C@H](Oc4nc(-c5nc(C(C)C)cs5)nc5c(C)c(OC)ccc45)CN2C(=O)N3)CC1. The zero-order chi connectivity index (χ0) is 38.6. The molecule has 14 nitrogen and oxygen atoms in total. The molecule has 2 aromatic heterocycles. The van der Waals surface area contributed by atoms with E-state index in [0.717, 1.165) is 24.1 Å². The third-order valence-electron chi connectivity index (χ3n) is 11.0. The van der Waals surface area contributed by atoms with Crippen molar-refractivity contribution in [2.45, 2.75) is 94.1 Å². The van der Waals surface area contributed by atoms with Gasteiger partial charge in [-0.25, -0.2) is 27.9 Å². The van der Waals surface area contributed by atoms with Crippen molar-refractivity contribution in [2.24, 2.45) is 5.92 Å². The normalized spacial score (nSPS) is 25.9. The van der Waals surface area contributed by atoms with Gasteiger partial charge in [-0.3, -0.25) is 9.59 Å². The molecule has 0 radical (unpaired) electrons. The fourth-order valence-corrected chi connectivity index (χ4v) is 9.57. The van der Waals surface area contributed by atoms with E-state index in [2.05, 4.69) is 29.8 Å². The number of urea groups is 1. The van der Waals surface area contributed by atoms with E-state index in [4.69, 9.17) is 30.8 Å². The van der Waals surface area contributed by atoms with Gasteiger partial charge >= 0.3 is 6.03 Å². The maximum atomic E-state index is 14.3. The number of allylic oxidation sites excluding steroid dienone is 1. The molecule has 2 aliphatic heterocycles. The van der Waals surface area contributed by atoms with Crippen LogP contribution in [0.3, 0.4) is 0 Å². The monoisotopic (exact) mass is 775 g/mol. The summed E-state index contributed by atoms with van der Waals surface area (Å²) in [5, 5.41) is 6.09. The van der Waals surface area contributed by atoms with Crippen molar-refractivity contribution in [1.82, 2.24) is 34.8 Å². The Balaban J connectivity index is 1.21. The van der Waals surface area contributed by atoms with Crippen molar-refractivity contribution >= 4 is 50.1 Å². The molecule has 3 aromatic rings. The predicted molar refractivity (Wildman–Crippen MR) is 203 cm³/mol. The zero-order valence-electron chi connectivity index (χ0n) is 31.0. The first-order chi connectivity index (χ1) is 25.7. The number of nitrogens with one attached hydrogen (secondary N) is 2. The molecule has 4 atom stereocenters. The zero-order valence-corrected chi connectivity index (χ0v) is 32.7. The van der Waals surface area contributed by atoms with Crippen molar-refractivity contribution in [3.8, 4) is 34.8 Å². The Hall–Kier alpha value is -4.75. The molecule has 1 saturated heterocycles. The van der Waals surface area contributed by atoms with Crippen molar-refractivity contribution in [3.05, 3.63) is 40.9 Å². The van der Waals surface area contributed by atoms with E-state index in [-0.39, 0.29) is 49.9 Å². The molecule has 7 rings (SSSR count). The van der Waals surface area contributed by atoms with Gasteiger partial charge in [0.25, 0.3) is 15.9 Å². The number of fused-ring (bicyclic) bond motifs is 3. The highest BCUT2D eigenvalue weighted by molar-refractivity contribution is 7.92. The van der Waals surface area contributed by atoms with Crippen molar-refractivity contribution in [3.63, 3.8) is 0 Å². The summed E-state index contributed by atoms with van der Waals surface area (Å²) >= 11 is 1.44. The maximum Gasteiger partial charge on any atom is 0.319 e. The second kappa shape index (κ2) is 14.2. The molecule has 16 heteroatoms. The second-order valence-electron chi connectivity index (χ2n) is 15.0. The number of ether oxygens (including phenoxy) is 2. The molecule has 4 amide bonds. The van der Waals surface area contributed by atoms with E-state index in [9.17, 15) is 22.8 Å². The van der Waals surface area contributed by atoms with Gasteiger partial charge in [0, 0.05) is 36.9 Å². The van der Waals surface area contributed by atoms with E-state index in [1.54, 1.807) is 19.1 Å². The van der Waals surface area contributed by atoms with Gasteiger partial charge in [-0.1, -0.05) is 31.9 Å². The summed E-state index contributed by atoms with van der Waals surface area (Å²) in [5.74, 6) is 2.27. The van der Waals surface area contributed by atoms with Gasteiger partial charge in [0.2, 0.25) is 11.8 Å². The quantitative estimate of drug-likeness (QED) is 0.248. The summed E-state index contributed by atoms with van der Waals surface area (Å²) in [4.78, 5) is 59.6. The molecule has 1 aromatic carbocycles. The molecule has 54 heavy (non-hydrogen) atoms. The number of carbonyl (C=O) groups excluding carboxylic acids is 3. The Morgan fingerprint density at radius 3 is 2.65 bits per heavy atom. The van der Waals surface area contributed by atoms with Crippen LogP contribution in [0.2, 0.25) is 0 Å². The van der Waals surface area contributed by atoms with Gasteiger partial charge < -0.3 is 24.6 Å². The summed E-state index contributed by atoms with van der Waals surface area (Å²) in [6.07, 6.45) is 11.8. The smallest absolute Gasteiger partial charge is 0.319 e. The van der Waals surface area contributed by atoms with E-state index >= 15 is 0 Å². The molecule has 0 spiro atoms. The van der Waals surface area contributed by atoms with Crippen molar-refractivity contribution in [2.75, 3.05) is 27.2 Å². The lowest BCUT2D eigenvalue weighted by Gasteiger charge is -2.30. The fraction of sp³-hybridized carbons (Fsp3) is 0.526. The number of terminal acetylenes is 1. The average molecular weight is 776 g/mol. The van der Waals surface area contributed by atoms with Crippen molar-refractivity contribution < 1.29 is 32.3 Å². The summed E-state index contributed by atoms with van der Waals surface area (Å²) in [7, 11) is -0.892. The number of benzene rings is 1. The minimum atomic E-state index is -4.20. The summed E-state index contributed by atoms with van der Waals surface area (Å²) in [6.45, 7) is 6.53. The number of rotatable bonds is 8. The lowest BCUT2D eigenvalue weighted by Crippen LogP contribution is -2.58. The standard InChI is InChI=1S/C38H45N7O7S2/c1-7-37(15-16-37)54(49,50)43-35(47)38-19-24(38)12-10-8-9-11-17-44(5)34(46)28-18-25(20-45(28)36(48)42-38)52-32-26-13-14-29(51-6)23(4)30(26)40-31(41-32)33-39-27(21-53-33)22(2)3/h1,10,12-14,21-22,24-25,28H,8-9,11,15-20H2,2-6H3,(H,42,48)(H,43,47)/b12-10-/t24-,25+,28+,38-/m1/s1. The molecule has 2 aliphatic carbocycles. The highest BCUT2D eigenvalue weighted by Crippen LogP contribution is 2.47. The van der Waals surface area contributed by atoms with E-state index in [1.807, 2.05) is 36.6 Å². The van der Waals surface area contributed by atoms with Gasteiger partial charge in [-0.2, -0.15) is 4.98 Å². The number of hydrogen-bond acceptors (Lipinski definition) is 11. The number of sulfonamides is 1. The molecule has 2 saturated carbocycles. The Morgan fingerprint density at radius 1 is 1.19 bits per heavy atom. The van der Waals surface area contributed by atoms with Gasteiger partial charge in [0.1, 0.15) is 23.4 Å². The van der Waals surface area contributed by atoms with Crippen LogP contribution in [0.1, 0.15) is 76.0 Å². The summed E-state index contributed by atoms with van der Waals surface area (Å²) in [6, 6.07) is 2.04. The molecule has 4 heterocycles.